The Morgan fingerprint density at radius 1 is 1.44 bits per heavy atom. The van der Waals surface area contributed by atoms with Gasteiger partial charge in [0, 0.05) is 6.20 Å². The maximum Gasteiger partial charge on any atom is 0.326 e. The second-order valence-corrected chi connectivity index (χ2v) is 4.39. The summed E-state index contributed by atoms with van der Waals surface area (Å²) in [5.41, 5.74) is 0.0139. The molecule has 0 bridgehead atoms. The summed E-state index contributed by atoms with van der Waals surface area (Å²) in [6, 6.07) is 0.365. The predicted octanol–water partition coefficient (Wildman–Crippen LogP) is 1.02. The van der Waals surface area contributed by atoms with E-state index in [0.717, 1.165) is 6.20 Å². The molecule has 0 saturated carbocycles. The molecule has 1 amide bonds. The largest absolute Gasteiger partial charge is 0.505 e. The van der Waals surface area contributed by atoms with E-state index in [2.05, 4.69) is 10.3 Å². The standard InChI is InChI=1S/C12H16N2O4/c1-7(2)5-9(12(17)18)14-11(16)8-3-4-13-6-10(8)15/h3-4,6-7,9,15H,5H2,1-2H3,(H,14,16)(H,17,18)/t9-/m0/s1. The lowest BCUT2D eigenvalue weighted by atomic mass is 10.0. The number of nitrogens with zero attached hydrogens (tertiary/aromatic N) is 1. The van der Waals surface area contributed by atoms with Crippen molar-refractivity contribution in [3.63, 3.8) is 0 Å². The summed E-state index contributed by atoms with van der Waals surface area (Å²) in [5.74, 6) is -1.85. The number of carbonyl (C=O) groups excluding carboxylic acids is 1. The highest BCUT2D eigenvalue weighted by Crippen LogP contribution is 2.14. The molecule has 1 heterocycles. The number of aliphatic carboxylic acids is 1. The van der Waals surface area contributed by atoms with Crippen molar-refractivity contribution >= 4 is 11.9 Å². The smallest absolute Gasteiger partial charge is 0.326 e. The zero-order chi connectivity index (χ0) is 13.7. The zero-order valence-corrected chi connectivity index (χ0v) is 10.3. The van der Waals surface area contributed by atoms with Crippen molar-refractivity contribution in [2.45, 2.75) is 26.3 Å². The molecule has 0 aliphatic rings. The molecule has 0 spiro atoms. The van der Waals surface area contributed by atoms with Crippen molar-refractivity contribution in [2.24, 2.45) is 5.92 Å². The summed E-state index contributed by atoms with van der Waals surface area (Å²) in [6.45, 7) is 3.73. The fraction of sp³-hybridized carbons (Fsp3) is 0.417. The third-order valence-electron chi connectivity index (χ3n) is 2.36. The first-order chi connectivity index (χ1) is 8.41. The van der Waals surface area contributed by atoms with Crippen LogP contribution in [-0.4, -0.2) is 33.1 Å². The van der Waals surface area contributed by atoms with Crippen LogP contribution < -0.4 is 5.32 Å². The Kier molecular flexibility index (Phi) is 4.65. The maximum absolute atomic E-state index is 11.8. The normalized spacial score (nSPS) is 12.2. The second-order valence-electron chi connectivity index (χ2n) is 4.39. The number of aromatic nitrogens is 1. The minimum atomic E-state index is -1.09. The lowest BCUT2D eigenvalue weighted by molar-refractivity contribution is -0.139. The molecule has 0 unspecified atom stereocenters. The molecule has 0 radical (unpaired) electrons. The van der Waals surface area contributed by atoms with E-state index in [4.69, 9.17) is 5.11 Å². The number of pyridine rings is 1. The van der Waals surface area contributed by atoms with Gasteiger partial charge in [-0.25, -0.2) is 4.79 Å². The Balaban J connectivity index is 2.79. The van der Waals surface area contributed by atoms with Crippen LogP contribution in [0.15, 0.2) is 18.5 Å². The van der Waals surface area contributed by atoms with Crippen molar-refractivity contribution in [1.29, 1.82) is 0 Å². The second kappa shape index (κ2) is 6.00. The van der Waals surface area contributed by atoms with Gasteiger partial charge in [-0.15, -0.1) is 0 Å². The SMILES string of the molecule is CC(C)C[C@H](NC(=O)c1ccncc1O)C(=O)O. The van der Waals surface area contributed by atoms with Crippen LogP contribution in [0, 0.1) is 5.92 Å². The van der Waals surface area contributed by atoms with Gasteiger partial charge in [-0.1, -0.05) is 13.8 Å². The fourth-order valence-corrected chi connectivity index (χ4v) is 1.51. The Bertz CT molecular complexity index is 445. The van der Waals surface area contributed by atoms with Crippen LogP contribution in [0.1, 0.15) is 30.6 Å². The monoisotopic (exact) mass is 252 g/mol. The van der Waals surface area contributed by atoms with Crippen LogP contribution in [-0.2, 0) is 4.79 Å². The van der Waals surface area contributed by atoms with E-state index in [1.807, 2.05) is 13.8 Å². The number of hydrogen-bond acceptors (Lipinski definition) is 4. The van der Waals surface area contributed by atoms with Gasteiger partial charge in [0.05, 0.1) is 11.8 Å². The molecule has 0 aromatic carbocycles. The first-order valence-corrected chi connectivity index (χ1v) is 5.58. The van der Waals surface area contributed by atoms with Gasteiger partial charge in [0.2, 0.25) is 0 Å². The molecular formula is C12H16N2O4. The number of nitrogens with one attached hydrogen (secondary N) is 1. The highest BCUT2D eigenvalue weighted by Gasteiger charge is 2.22. The molecule has 0 aliphatic heterocycles. The number of rotatable bonds is 5. The van der Waals surface area contributed by atoms with Gasteiger partial charge in [-0.3, -0.25) is 9.78 Å². The zero-order valence-electron chi connectivity index (χ0n) is 10.3. The first-order valence-electron chi connectivity index (χ1n) is 5.58. The van der Waals surface area contributed by atoms with Crippen LogP contribution >= 0.6 is 0 Å². The van der Waals surface area contributed by atoms with Gasteiger partial charge in [0.15, 0.2) is 0 Å². The average Bonchev–Trinajstić information content (AvgIpc) is 2.27. The summed E-state index contributed by atoms with van der Waals surface area (Å²) in [4.78, 5) is 26.4. The molecule has 0 saturated heterocycles. The van der Waals surface area contributed by atoms with Crippen LogP contribution in [0.2, 0.25) is 0 Å². The number of amides is 1. The Morgan fingerprint density at radius 3 is 2.61 bits per heavy atom. The molecule has 1 atom stereocenters. The molecule has 1 aromatic heterocycles. The fourth-order valence-electron chi connectivity index (χ4n) is 1.51. The van der Waals surface area contributed by atoms with Crippen LogP contribution in [0.4, 0.5) is 0 Å². The molecule has 6 nitrogen and oxygen atoms in total. The molecular weight excluding hydrogens is 236 g/mol. The molecule has 3 N–H and O–H groups in total. The Labute approximate surface area is 105 Å². The average molecular weight is 252 g/mol. The number of carboxylic acid groups (broad SMARTS) is 1. The van der Waals surface area contributed by atoms with Gasteiger partial charge >= 0.3 is 5.97 Å². The Hall–Kier alpha value is -2.11. The topological polar surface area (TPSA) is 99.5 Å². The first kappa shape index (κ1) is 14.0. The van der Waals surface area contributed by atoms with Gasteiger partial charge in [-0.2, -0.15) is 0 Å². The number of hydrogen-bond donors (Lipinski definition) is 3. The van der Waals surface area contributed by atoms with Crippen molar-refractivity contribution in [3.05, 3.63) is 24.0 Å². The molecule has 18 heavy (non-hydrogen) atoms. The van der Waals surface area contributed by atoms with Crippen molar-refractivity contribution in [2.75, 3.05) is 0 Å². The molecule has 0 fully saturated rings. The van der Waals surface area contributed by atoms with Crippen LogP contribution in [0.3, 0.4) is 0 Å². The van der Waals surface area contributed by atoms with E-state index in [-0.39, 0.29) is 17.2 Å². The van der Waals surface area contributed by atoms with E-state index in [9.17, 15) is 14.7 Å². The van der Waals surface area contributed by atoms with Crippen molar-refractivity contribution in [1.82, 2.24) is 10.3 Å². The van der Waals surface area contributed by atoms with Crippen LogP contribution in [0.5, 0.6) is 5.75 Å². The van der Waals surface area contributed by atoms with E-state index in [0.29, 0.717) is 6.42 Å². The van der Waals surface area contributed by atoms with E-state index in [1.165, 1.54) is 12.3 Å². The van der Waals surface area contributed by atoms with E-state index in [1.54, 1.807) is 0 Å². The van der Waals surface area contributed by atoms with Crippen LogP contribution in [0.25, 0.3) is 0 Å². The summed E-state index contributed by atoms with van der Waals surface area (Å²) >= 11 is 0. The third-order valence-corrected chi connectivity index (χ3v) is 2.36. The lowest BCUT2D eigenvalue weighted by Gasteiger charge is -2.16. The molecule has 0 aliphatic carbocycles. The van der Waals surface area contributed by atoms with Gasteiger partial charge in [-0.05, 0) is 18.4 Å². The summed E-state index contributed by atoms with van der Waals surface area (Å²) < 4.78 is 0. The van der Waals surface area contributed by atoms with Gasteiger partial charge < -0.3 is 15.5 Å². The quantitative estimate of drug-likeness (QED) is 0.726. The third kappa shape index (κ3) is 3.73. The summed E-state index contributed by atoms with van der Waals surface area (Å²) in [7, 11) is 0. The number of carboxylic acids is 1. The molecule has 98 valence electrons. The van der Waals surface area contributed by atoms with Gasteiger partial charge in [0.1, 0.15) is 11.8 Å². The Morgan fingerprint density at radius 2 is 2.11 bits per heavy atom. The number of carbonyl (C=O) groups is 2. The molecule has 1 rings (SSSR count). The number of aromatic hydroxyl groups is 1. The summed E-state index contributed by atoms with van der Waals surface area (Å²) in [6.07, 6.45) is 2.81. The molecule has 6 heteroatoms. The molecule has 1 aromatic rings. The minimum Gasteiger partial charge on any atom is -0.505 e. The maximum atomic E-state index is 11.8. The van der Waals surface area contributed by atoms with E-state index < -0.39 is 17.9 Å². The van der Waals surface area contributed by atoms with Crippen molar-refractivity contribution in [3.8, 4) is 5.75 Å². The van der Waals surface area contributed by atoms with Crippen molar-refractivity contribution < 1.29 is 19.8 Å². The minimum absolute atomic E-state index is 0.0139. The van der Waals surface area contributed by atoms with Gasteiger partial charge in [0.25, 0.3) is 5.91 Å². The lowest BCUT2D eigenvalue weighted by Crippen LogP contribution is -2.41. The predicted molar refractivity (Wildman–Crippen MR) is 64.2 cm³/mol. The highest BCUT2D eigenvalue weighted by atomic mass is 16.4. The highest BCUT2D eigenvalue weighted by molar-refractivity contribution is 5.98. The van der Waals surface area contributed by atoms with E-state index >= 15 is 0 Å². The summed E-state index contributed by atoms with van der Waals surface area (Å²) in [5, 5.41) is 20.8.